The van der Waals surface area contributed by atoms with E-state index in [0.717, 1.165) is 44.1 Å². The lowest BCUT2D eigenvalue weighted by Gasteiger charge is -2.69. The highest BCUT2D eigenvalue weighted by Crippen LogP contribution is 2.79. The zero-order chi connectivity index (χ0) is 25.2. The van der Waals surface area contributed by atoms with Crippen LogP contribution in [0.2, 0.25) is 0 Å². The van der Waals surface area contributed by atoms with Crippen LogP contribution in [0.25, 0.3) is 0 Å². The van der Waals surface area contributed by atoms with E-state index in [1.54, 1.807) is 0 Å². The average Bonchev–Trinajstić information content (AvgIpc) is 3.53. The summed E-state index contributed by atoms with van der Waals surface area (Å²) in [6.07, 6.45) is 11.0. The van der Waals surface area contributed by atoms with Crippen LogP contribution in [0.4, 0.5) is 0 Å². The molecule has 6 rings (SSSR count). The summed E-state index contributed by atoms with van der Waals surface area (Å²) in [6, 6.07) is 1.84. The van der Waals surface area contributed by atoms with Crippen molar-refractivity contribution in [2.24, 2.45) is 33.5 Å². The standard InChI is InChI=1S/C31H42O4/c1-7-35-26(34)31-16-19(31)15-27(3)10-12-29(5)23-9-8-20-18(2)25(33)22(32)14-21(20)28(23,4)11-13-30(29,6)24(27)17-31/h9,14,19,24,32-33H,7-8,10-13,15-17H2,1-6H3. The zero-order valence-corrected chi connectivity index (χ0v) is 22.4. The van der Waals surface area contributed by atoms with Gasteiger partial charge in [-0.3, -0.25) is 4.79 Å². The number of hydrogen-bond acceptors (Lipinski definition) is 4. The SMILES string of the molecule is CCOC(=O)C12CC1CC1(C)CCC3(C)C4=CCc5c(cc(O)c(O)c5C)C4(C)CCC3(C)C1C2. The van der Waals surface area contributed by atoms with Crippen LogP contribution in [0.1, 0.15) is 96.3 Å². The minimum absolute atomic E-state index is 0.00173. The quantitative estimate of drug-likeness (QED) is 0.281. The van der Waals surface area contributed by atoms with Crippen molar-refractivity contribution >= 4 is 5.97 Å². The van der Waals surface area contributed by atoms with Crippen LogP contribution in [0.3, 0.4) is 0 Å². The smallest absolute Gasteiger partial charge is 0.312 e. The maximum Gasteiger partial charge on any atom is 0.312 e. The molecule has 0 saturated heterocycles. The number of aromatic hydroxyl groups is 2. The number of phenols is 2. The summed E-state index contributed by atoms with van der Waals surface area (Å²) < 4.78 is 5.61. The zero-order valence-electron chi connectivity index (χ0n) is 22.4. The molecule has 2 N–H and O–H groups in total. The molecule has 1 aromatic carbocycles. The summed E-state index contributed by atoms with van der Waals surface area (Å²) >= 11 is 0. The van der Waals surface area contributed by atoms with Gasteiger partial charge in [-0.15, -0.1) is 0 Å². The second-order valence-corrected chi connectivity index (χ2v) is 13.7. The highest BCUT2D eigenvalue weighted by Gasteiger charge is 2.73. The first-order valence-corrected chi connectivity index (χ1v) is 13.8. The van der Waals surface area contributed by atoms with Crippen LogP contribution in [0.5, 0.6) is 11.5 Å². The fourth-order valence-electron chi connectivity index (χ4n) is 9.96. The summed E-state index contributed by atoms with van der Waals surface area (Å²) in [7, 11) is 0. The summed E-state index contributed by atoms with van der Waals surface area (Å²) in [6.45, 7) is 14.2. The number of allylic oxidation sites excluding steroid dienone is 2. The van der Waals surface area contributed by atoms with E-state index in [9.17, 15) is 15.0 Å². The Morgan fingerprint density at radius 2 is 1.80 bits per heavy atom. The largest absolute Gasteiger partial charge is 0.504 e. The van der Waals surface area contributed by atoms with Crippen molar-refractivity contribution in [3.8, 4) is 11.5 Å². The first kappa shape index (κ1) is 23.4. The number of hydrogen-bond donors (Lipinski definition) is 2. The van der Waals surface area contributed by atoms with Gasteiger partial charge in [-0.05, 0) is 116 Å². The minimum atomic E-state index is -0.240. The molecule has 0 radical (unpaired) electrons. The van der Waals surface area contributed by atoms with Crippen molar-refractivity contribution < 1.29 is 19.7 Å². The molecule has 7 unspecified atom stereocenters. The maximum atomic E-state index is 13.1. The van der Waals surface area contributed by atoms with Crippen LogP contribution in [-0.2, 0) is 21.4 Å². The Labute approximate surface area is 210 Å². The van der Waals surface area contributed by atoms with Crippen LogP contribution in [-0.4, -0.2) is 22.8 Å². The van der Waals surface area contributed by atoms with E-state index >= 15 is 0 Å². The second-order valence-electron chi connectivity index (χ2n) is 13.7. The lowest BCUT2D eigenvalue weighted by molar-refractivity contribution is -0.169. The van der Waals surface area contributed by atoms with E-state index in [-0.39, 0.29) is 44.5 Å². The molecule has 7 atom stereocenters. The molecule has 0 spiro atoms. The van der Waals surface area contributed by atoms with Gasteiger partial charge in [0.05, 0.1) is 12.0 Å². The summed E-state index contributed by atoms with van der Waals surface area (Å²) in [5, 5.41) is 20.9. The van der Waals surface area contributed by atoms with Gasteiger partial charge in [0.1, 0.15) is 0 Å². The first-order chi connectivity index (χ1) is 16.4. The first-order valence-electron chi connectivity index (χ1n) is 13.8. The predicted octanol–water partition coefficient (Wildman–Crippen LogP) is 6.73. The molecule has 190 valence electrons. The molecular weight excluding hydrogens is 436 g/mol. The molecule has 0 bridgehead atoms. The van der Waals surface area contributed by atoms with E-state index in [1.807, 2.05) is 19.9 Å². The van der Waals surface area contributed by atoms with Gasteiger partial charge in [0.15, 0.2) is 11.5 Å². The molecule has 4 fully saturated rings. The number of esters is 1. The third kappa shape index (κ3) is 2.67. The molecule has 0 amide bonds. The normalized spacial score (nSPS) is 45.1. The molecule has 4 heteroatoms. The Hall–Kier alpha value is -1.97. The summed E-state index contributed by atoms with van der Waals surface area (Å²) in [5.41, 5.74) is 4.79. The van der Waals surface area contributed by atoms with Gasteiger partial charge in [-0.25, -0.2) is 0 Å². The van der Waals surface area contributed by atoms with Crippen LogP contribution in [0.15, 0.2) is 17.7 Å². The van der Waals surface area contributed by atoms with E-state index in [1.165, 1.54) is 29.5 Å². The van der Waals surface area contributed by atoms with Gasteiger partial charge in [0.2, 0.25) is 0 Å². The van der Waals surface area contributed by atoms with Gasteiger partial charge in [-0.1, -0.05) is 39.3 Å². The van der Waals surface area contributed by atoms with E-state index < -0.39 is 0 Å². The summed E-state index contributed by atoms with van der Waals surface area (Å²) in [4.78, 5) is 13.1. The molecular formula is C31H42O4. The highest BCUT2D eigenvalue weighted by atomic mass is 16.5. The molecule has 0 aliphatic heterocycles. The maximum absolute atomic E-state index is 13.1. The van der Waals surface area contributed by atoms with Gasteiger partial charge in [-0.2, -0.15) is 0 Å². The number of rotatable bonds is 2. The third-order valence-electron chi connectivity index (χ3n) is 12.4. The Morgan fingerprint density at radius 3 is 2.51 bits per heavy atom. The molecule has 1 aromatic rings. The fourth-order valence-corrected chi connectivity index (χ4v) is 9.96. The monoisotopic (exact) mass is 478 g/mol. The van der Waals surface area contributed by atoms with Crippen LogP contribution >= 0.6 is 0 Å². The highest BCUT2D eigenvalue weighted by molar-refractivity contribution is 5.81. The molecule has 5 aliphatic rings. The molecule has 0 aromatic heterocycles. The van der Waals surface area contributed by atoms with Crippen LogP contribution in [0, 0.1) is 40.4 Å². The van der Waals surface area contributed by atoms with E-state index in [4.69, 9.17) is 4.74 Å². The molecule has 4 nitrogen and oxygen atoms in total. The number of fused-ring (bicyclic) bond motifs is 8. The topological polar surface area (TPSA) is 66.8 Å². The third-order valence-corrected chi connectivity index (χ3v) is 12.4. The second kappa shape index (κ2) is 6.86. The van der Waals surface area contributed by atoms with Crippen molar-refractivity contribution in [2.45, 2.75) is 98.3 Å². The van der Waals surface area contributed by atoms with E-state index in [0.29, 0.717) is 18.4 Å². The Morgan fingerprint density at radius 1 is 1.06 bits per heavy atom. The Balaban J connectivity index is 1.43. The number of carbonyl (C=O) groups is 1. The lowest BCUT2D eigenvalue weighted by Crippen LogP contribution is -2.62. The van der Waals surface area contributed by atoms with Gasteiger partial charge in [0.25, 0.3) is 0 Å². The lowest BCUT2D eigenvalue weighted by atomic mass is 9.35. The Bertz CT molecular complexity index is 1170. The van der Waals surface area contributed by atoms with Gasteiger partial charge in [0, 0.05) is 5.41 Å². The predicted molar refractivity (Wildman–Crippen MR) is 136 cm³/mol. The number of benzene rings is 1. The molecule has 35 heavy (non-hydrogen) atoms. The molecule has 5 aliphatic carbocycles. The number of carbonyl (C=O) groups excluding carboxylic acids is 1. The number of ether oxygens (including phenoxy) is 1. The van der Waals surface area contributed by atoms with Gasteiger partial charge < -0.3 is 14.9 Å². The minimum Gasteiger partial charge on any atom is -0.504 e. The van der Waals surface area contributed by atoms with Crippen molar-refractivity contribution in [2.75, 3.05) is 6.61 Å². The van der Waals surface area contributed by atoms with Crippen molar-refractivity contribution in [3.63, 3.8) is 0 Å². The average molecular weight is 479 g/mol. The van der Waals surface area contributed by atoms with Gasteiger partial charge >= 0.3 is 5.97 Å². The van der Waals surface area contributed by atoms with Crippen LogP contribution < -0.4 is 0 Å². The van der Waals surface area contributed by atoms with Crippen molar-refractivity contribution in [3.05, 3.63) is 34.4 Å². The molecule has 4 saturated carbocycles. The van der Waals surface area contributed by atoms with Crippen molar-refractivity contribution in [1.82, 2.24) is 0 Å². The fraction of sp³-hybridized carbons (Fsp3) is 0.710. The number of phenolic OH excluding ortho intramolecular Hbond substituents is 2. The van der Waals surface area contributed by atoms with E-state index in [2.05, 4.69) is 33.8 Å². The summed E-state index contributed by atoms with van der Waals surface area (Å²) in [5.74, 6) is 1.08. The van der Waals surface area contributed by atoms with Crippen molar-refractivity contribution in [1.29, 1.82) is 0 Å². The molecule has 0 heterocycles. The Kier molecular flexibility index (Phi) is 4.59.